The molecule has 0 aliphatic carbocycles. The average molecular weight is 502 g/mol. The lowest BCUT2D eigenvalue weighted by atomic mass is 10.1. The molecule has 180 valence electrons. The average Bonchev–Trinajstić information content (AvgIpc) is 2.83. The summed E-state index contributed by atoms with van der Waals surface area (Å²) in [7, 11) is 4.86. The van der Waals surface area contributed by atoms with Gasteiger partial charge >= 0.3 is 0 Å². The smallest absolute Gasteiger partial charge is 0.257 e. The summed E-state index contributed by atoms with van der Waals surface area (Å²) in [5, 5.41) is 4.04. The molecular weight excluding hydrogens is 474 g/mol. The predicted octanol–water partition coefficient (Wildman–Crippen LogP) is 3.80. The molecule has 0 atom stereocenters. The Morgan fingerprint density at radius 3 is 2.59 bits per heavy atom. The number of methoxy groups -OCH3 is 2. The lowest BCUT2D eigenvalue weighted by Gasteiger charge is -2.12. The Balaban J connectivity index is 1.56. The number of carbonyl (C=O) groups excluding carboxylic acids is 1. The largest absolute Gasteiger partial charge is 0.493 e. The number of nitrogens with zero attached hydrogens (tertiary/aromatic N) is 2. The molecule has 0 unspecified atom stereocenters. The fourth-order valence-corrected chi connectivity index (χ4v) is 4.53. The standard InChI is InChI=1S/C25H28ClN3O4S/c1-16-20(13-18-6-5-7-19(26)12-18)24(31)29(2)25(28-16)34-15-23(30)27-11-10-17-8-9-21(32-3)22(14-17)33-4/h5-9,12,14H,10-11,13,15H2,1-4H3,(H,27,30). The van der Waals surface area contributed by atoms with Gasteiger partial charge in [0.15, 0.2) is 16.7 Å². The molecule has 1 aromatic heterocycles. The van der Waals surface area contributed by atoms with E-state index < -0.39 is 0 Å². The normalized spacial score (nSPS) is 10.7. The Bertz CT molecular complexity index is 1230. The van der Waals surface area contributed by atoms with Gasteiger partial charge in [0.25, 0.3) is 5.56 Å². The number of benzene rings is 2. The van der Waals surface area contributed by atoms with Gasteiger partial charge in [-0.15, -0.1) is 0 Å². The number of rotatable bonds is 10. The number of aromatic nitrogens is 2. The van der Waals surface area contributed by atoms with Crippen LogP contribution in [0.25, 0.3) is 0 Å². The molecule has 1 N–H and O–H groups in total. The fourth-order valence-electron chi connectivity index (χ4n) is 3.48. The van der Waals surface area contributed by atoms with Crippen LogP contribution in [0.15, 0.2) is 52.4 Å². The van der Waals surface area contributed by atoms with E-state index in [4.69, 9.17) is 21.1 Å². The van der Waals surface area contributed by atoms with Gasteiger partial charge in [0.1, 0.15) is 0 Å². The minimum Gasteiger partial charge on any atom is -0.493 e. The number of ether oxygens (including phenoxy) is 2. The molecule has 3 aromatic rings. The second-order valence-electron chi connectivity index (χ2n) is 7.71. The van der Waals surface area contributed by atoms with E-state index in [1.807, 2.05) is 43.3 Å². The zero-order chi connectivity index (χ0) is 24.7. The Kier molecular flexibility index (Phi) is 9.01. The van der Waals surface area contributed by atoms with Crippen LogP contribution in [0.2, 0.25) is 5.02 Å². The molecule has 0 aliphatic rings. The number of carbonyl (C=O) groups is 1. The van der Waals surface area contributed by atoms with E-state index in [1.54, 1.807) is 27.3 Å². The maximum Gasteiger partial charge on any atom is 0.257 e. The van der Waals surface area contributed by atoms with Crippen molar-refractivity contribution in [3.8, 4) is 11.5 Å². The third kappa shape index (κ3) is 6.55. The molecule has 7 nitrogen and oxygen atoms in total. The maximum absolute atomic E-state index is 12.9. The van der Waals surface area contributed by atoms with Crippen molar-refractivity contribution in [2.24, 2.45) is 7.05 Å². The van der Waals surface area contributed by atoms with E-state index in [9.17, 15) is 9.59 Å². The molecule has 1 heterocycles. The third-order valence-electron chi connectivity index (χ3n) is 5.34. The minimum absolute atomic E-state index is 0.121. The summed E-state index contributed by atoms with van der Waals surface area (Å²) in [6, 6.07) is 13.1. The van der Waals surface area contributed by atoms with Gasteiger partial charge < -0.3 is 14.8 Å². The van der Waals surface area contributed by atoms with Crippen LogP contribution in [0.3, 0.4) is 0 Å². The molecular formula is C25H28ClN3O4S. The summed E-state index contributed by atoms with van der Waals surface area (Å²) in [5.74, 6) is 1.36. The number of nitrogens with one attached hydrogen (secondary N) is 1. The summed E-state index contributed by atoms with van der Waals surface area (Å²) in [4.78, 5) is 29.8. The molecule has 3 rings (SSSR count). The number of thioether (sulfide) groups is 1. The number of aryl methyl sites for hydroxylation is 1. The molecule has 9 heteroatoms. The Morgan fingerprint density at radius 2 is 1.88 bits per heavy atom. The quantitative estimate of drug-likeness (QED) is 0.336. The van der Waals surface area contributed by atoms with Gasteiger partial charge in [0.05, 0.1) is 20.0 Å². The van der Waals surface area contributed by atoms with Crippen LogP contribution in [0.1, 0.15) is 22.4 Å². The van der Waals surface area contributed by atoms with E-state index in [1.165, 1.54) is 16.3 Å². The minimum atomic E-state index is -0.125. The molecule has 2 aromatic carbocycles. The lowest BCUT2D eigenvalue weighted by molar-refractivity contribution is -0.118. The van der Waals surface area contributed by atoms with Crippen LogP contribution in [-0.2, 0) is 24.7 Å². The SMILES string of the molecule is COc1ccc(CCNC(=O)CSc2nc(C)c(Cc3cccc(Cl)c3)c(=O)n2C)cc1OC. The molecule has 0 saturated carbocycles. The molecule has 0 fully saturated rings. The second-order valence-corrected chi connectivity index (χ2v) is 9.09. The molecule has 0 radical (unpaired) electrons. The highest BCUT2D eigenvalue weighted by Gasteiger charge is 2.14. The first-order valence-corrected chi connectivity index (χ1v) is 12.1. The van der Waals surface area contributed by atoms with Crippen molar-refractivity contribution < 1.29 is 14.3 Å². The zero-order valence-electron chi connectivity index (χ0n) is 19.7. The van der Waals surface area contributed by atoms with Crippen molar-refractivity contribution in [3.05, 3.63) is 80.2 Å². The Morgan fingerprint density at radius 1 is 1.12 bits per heavy atom. The van der Waals surface area contributed by atoms with E-state index in [0.717, 1.165) is 11.1 Å². The molecule has 0 saturated heterocycles. The predicted molar refractivity (Wildman–Crippen MR) is 135 cm³/mol. The van der Waals surface area contributed by atoms with Crippen molar-refractivity contribution in [2.45, 2.75) is 24.9 Å². The van der Waals surface area contributed by atoms with Crippen molar-refractivity contribution in [1.29, 1.82) is 0 Å². The van der Waals surface area contributed by atoms with Gasteiger partial charge in [-0.25, -0.2) is 4.98 Å². The highest BCUT2D eigenvalue weighted by molar-refractivity contribution is 7.99. The third-order valence-corrected chi connectivity index (χ3v) is 6.60. The summed E-state index contributed by atoms with van der Waals surface area (Å²) in [6.45, 7) is 2.30. The van der Waals surface area contributed by atoms with Crippen molar-refractivity contribution in [1.82, 2.24) is 14.9 Å². The van der Waals surface area contributed by atoms with Gasteiger partial charge in [0.2, 0.25) is 5.91 Å². The van der Waals surface area contributed by atoms with Gasteiger partial charge in [-0.05, 0) is 48.7 Å². The number of hydrogen-bond donors (Lipinski definition) is 1. The van der Waals surface area contributed by atoms with Crippen LogP contribution in [0.4, 0.5) is 0 Å². The van der Waals surface area contributed by atoms with E-state index >= 15 is 0 Å². The van der Waals surface area contributed by atoms with E-state index in [0.29, 0.717) is 52.3 Å². The molecule has 34 heavy (non-hydrogen) atoms. The second kappa shape index (κ2) is 11.9. The van der Waals surface area contributed by atoms with E-state index in [2.05, 4.69) is 10.3 Å². The molecule has 0 bridgehead atoms. The topological polar surface area (TPSA) is 82.5 Å². The van der Waals surface area contributed by atoms with Gasteiger partial charge in [0, 0.05) is 36.3 Å². The number of halogens is 1. The van der Waals surface area contributed by atoms with Crippen LogP contribution < -0.4 is 20.3 Å². The van der Waals surface area contributed by atoms with Gasteiger partial charge in [-0.3, -0.25) is 14.2 Å². The first-order valence-electron chi connectivity index (χ1n) is 10.7. The Hall–Kier alpha value is -2.97. The van der Waals surface area contributed by atoms with Gasteiger partial charge in [-0.1, -0.05) is 41.6 Å². The summed E-state index contributed by atoms with van der Waals surface area (Å²) in [6.07, 6.45) is 1.11. The number of hydrogen-bond acceptors (Lipinski definition) is 6. The van der Waals surface area contributed by atoms with Crippen LogP contribution in [0.5, 0.6) is 11.5 Å². The monoisotopic (exact) mass is 501 g/mol. The van der Waals surface area contributed by atoms with Crippen LogP contribution in [0, 0.1) is 6.92 Å². The summed E-state index contributed by atoms with van der Waals surface area (Å²) in [5.41, 5.74) is 3.13. The summed E-state index contributed by atoms with van der Waals surface area (Å²) < 4.78 is 12.1. The summed E-state index contributed by atoms with van der Waals surface area (Å²) >= 11 is 7.30. The lowest BCUT2D eigenvalue weighted by Crippen LogP contribution is -2.29. The first kappa shape index (κ1) is 25.6. The van der Waals surface area contributed by atoms with E-state index in [-0.39, 0.29) is 17.2 Å². The fraction of sp³-hybridized carbons (Fsp3) is 0.320. The first-order chi connectivity index (χ1) is 16.3. The zero-order valence-corrected chi connectivity index (χ0v) is 21.3. The molecule has 0 aliphatic heterocycles. The highest BCUT2D eigenvalue weighted by atomic mass is 35.5. The highest BCUT2D eigenvalue weighted by Crippen LogP contribution is 2.27. The Labute approximate surface area is 208 Å². The van der Waals surface area contributed by atoms with Crippen LogP contribution >= 0.6 is 23.4 Å². The van der Waals surface area contributed by atoms with Crippen molar-refractivity contribution in [2.75, 3.05) is 26.5 Å². The molecule has 1 amide bonds. The maximum atomic E-state index is 12.9. The van der Waals surface area contributed by atoms with Crippen molar-refractivity contribution >= 4 is 29.3 Å². The van der Waals surface area contributed by atoms with Crippen LogP contribution in [-0.4, -0.2) is 42.0 Å². The van der Waals surface area contributed by atoms with Crippen molar-refractivity contribution in [3.63, 3.8) is 0 Å². The molecule has 0 spiro atoms. The van der Waals surface area contributed by atoms with Gasteiger partial charge in [-0.2, -0.15) is 0 Å². The number of amides is 1.